The molecule has 0 atom stereocenters. The van der Waals surface area contributed by atoms with E-state index < -0.39 is 17.7 Å². The maximum atomic E-state index is 12.5. The molecule has 0 spiro atoms. The van der Waals surface area contributed by atoms with Crippen LogP contribution in [0.4, 0.5) is 19.0 Å². The number of nitrogens with zero attached hydrogens (tertiary/aromatic N) is 2. The summed E-state index contributed by atoms with van der Waals surface area (Å²) in [6, 6.07) is 13.9. The number of rotatable bonds is 7. The van der Waals surface area contributed by atoms with Crippen molar-refractivity contribution in [2.75, 3.05) is 5.43 Å². The number of hydrogen-bond acceptors (Lipinski definition) is 5. The lowest BCUT2D eigenvalue weighted by Gasteiger charge is -2.09. The van der Waals surface area contributed by atoms with Gasteiger partial charge in [0.15, 0.2) is 0 Å². The Morgan fingerprint density at radius 1 is 1.16 bits per heavy atom. The fourth-order valence-electron chi connectivity index (χ4n) is 2.42. The molecule has 0 bridgehead atoms. The van der Waals surface area contributed by atoms with Crippen LogP contribution in [0.2, 0.25) is 0 Å². The first-order chi connectivity index (χ1) is 14.7. The molecule has 1 aromatic heterocycles. The third-order valence-electron chi connectivity index (χ3n) is 4.03. The molecule has 0 aliphatic rings. The number of anilines is 1. The van der Waals surface area contributed by atoms with Crippen molar-refractivity contribution in [3.8, 4) is 5.75 Å². The summed E-state index contributed by atoms with van der Waals surface area (Å²) >= 11 is 2.11. The number of hydrogen-bond donors (Lipinski definition) is 2. The molecule has 2 aromatic carbocycles. The Labute approximate surface area is 188 Å². The lowest BCUT2D eigenvalue weighted by atomic mass is 10.1. The highest BCUT2D eigenvalue weighted by molar-refractivity contribution is 14.1. The molecule has 3 rings (SSSR count). The highest BCUT2D eigenvalue weighted by atomic mass is 127. The summed E-state index contributed by atoms with van der Waals surface area (Å²) in [5.41, 5.74) is 3.55. The normalized spacial score (nSPS) is 11.5. The van der Waals surface area contributed by atoms with E-state index in [-0.39, 0.29) is 18.0 Å². The Bertz CT molecular complexity index is 1090. The predicted molar refractivity (Wildman–Crippen MR) is 117 cm³/mol. The summed E-state index contributed by atoms with van der Waals surface area (Å²) < 4.78 is 44.2. The summed E-state index contributed by atoms with van der Waals surface area (Å²) in [4.78, 5) is 14.6. The van der Waals surface area contributed by atoms with Crippen molar-refractivity contribution < 1.29 is 27.8 Å². The quantitative estimate of drug-likeness (QED) is 0.237. The number of carbonyl (C=O) groups is 1. The first kappa shape index (κ1) is 22.5. The van der Waals surface area contributed by atoms with Crippen LogP contribution < -0.4 is 10.2 Å². The highest BCUT2D eigenvalue weighted by Crippen LogP contribution is 2.28. The van der Waals surface area contributed by atoms with Gasteiger partial charge in [0.25, 0.3) is 0 Å². The van der Waals surface area contributed by atoms with Gasteiger partial charge in [-0.15, -0.1) is 0 Å². The maximum Gasteiger partial charge on any atom is 0.417 e. The number of benzene rings is 2. The minimum absolute atomic E-state index is 0.188. The fraction of sp³-hybridized carbons (Fsp3) is 0.0952. The van der Waals surface area contributed by atoms with Crippen LogP contribution in [0.3, 0.4) is 0 Å². The second kappa shape index (κ2) is 9.77. The Hall–Kier alpha value is -3.15. The van der Waals surface area contributed by atoms with Crippen molar-refractivity contribution in [1.82, 2.24) is 4.98 Å². The molecule has 0 aliphatic carbocycles. The molecular formula is C21H15F3IN3O3. The SMILES string of the molecule is O=C(O)c1ccc(COc2ccc(/C=N\Nc3ccc(C(F)(F)F)cn3)cc2I)cc1. The van der Waals surface area contributed by atoms with Crippen LogP contribution in [0.5, 0.6) is 5.75 Å². The minimum Gasteiger partial charge on any atom is -0.488 e. The van der Waals surface area contributed by atoms with Crippen LogP contribution in [0.25, 0.3) is 0 Å². The topological polar surface area (TPSA) is 83.8 Å². The Morgan fingerprint density at radius 2 is 1.90 bits per heavy atom. The molecule has 0 unspecified atom stereocenters. The average molecular weight is 541 g/mol. The molecule has 10 heteroatoms. The van der Waals surface area contributed by atoms with E-state index in [1.54, 1.807) is 24.3 Å². The van der Waals surface area contributed by atoms with Gasteiger partial charge in [0.2, 0.25) is 0 Å². The predicted octanol–water partition coefficient (Wildman–Crippen LogP) is 5.43. The molecule has 3 aromatic rings. The molecule has 2 N–H and O–H groups in total. The average Bonchev–Trinajstić information content (AvgIpc) is 2.73. The largest absolute Gasteiger partial charge is 0.488 e. The molecule has 0 fully saturated rings. The van der Waals surface area contributed by atoms with Crippen molar-refractivity contribution in [3.05, 3.63) is 86.6 Å². The van der Waals surface area contributed by atoms with Crippen LogP contribution in [-0.4, -0.2) is 22.3 Å². The molecular weight excluding hydrogens is 526 g/mol. The summed E-state index contributed by atoms with van der Waals surface area (Å²) in [5.74, 6) is -0.145. The summed E-state index contributed by atoms with van der Waals surface area (Å²) in [6.07, 6.45) is -2.19. The number of alkyl halides is 3. The monoisotopic (exact) mass is 541 g/mol. The van der Waals surface area contributed by atoms with E-state index in [2.05, 4.69) is 38.1 Å². The Kier molecular flexibility index (Phi) is 7.10. The first-order valence-corrected chi connectivity index (χ1v) is 9.87. The smallest absolute Gasteiger partial charge is 0.417 e. The van der Waals surface area contributed by atoms with Gasteiger partial charge in [-0.2, -0.15) is 18.3 Å². The number of aromatic nitrogens is 1. The number of pyridine rings is 1. The number of ether oxygens (including phenoxy) is 1. The second-order valence-corrected chi connectivity index (χ2v) is 7.44. The number of nitrogens with one attached hydrogen (secondary N) is 1. The van der Waals surface area contributed by atoms with Gasteiger partial charge >= 0.3 is 12.1 Å². The number of carboxylic acids is 1. The molecule has 31 heavy (non-hydrogen) atoms. The van der Waals surface area contributed by atoms with Crippen molar-refractivity contribution in [2.45, 2.75) is 12.8 Å². The van der Waals surface area contributed by atoms with E-state index in [4.69, 9.17) is 9.84 Å². The molecule has 6 nitrogen and oxygen atoms in total. The third-order valence-corrected chi connectivity index (χ3v) is 4.88. The molecule has 1 heterocycles. The van der Waals surface area contributed by atoms with E-state index in [0.717, 1.165) is 27.0 Å². The molecule has 0 amide bonds. The van der Waals surface area contributed by atoms with Gasteiger partial charge in [0.05, 0.1) is 20.9 Å². The highest BCUT2D eigenvalue weighted by Gasteiger charge is 2.30. The van der Waals surface area contributed by atoms with Crippen LogP contribution >= 0.6 is 22.6 Å². The summed E-state index contributed by atoms with van der Waals surface area (Å²) in [7, 11) is 0. The Balaban J connectivity index is 1.56. The minimum atomic E-state index is -4.43. The van der Waals surface area contributed by atoms with Gasteiger partial charge in [-0.1, -0.05) is 12.1 Å². The van der Waals surface area contributed by atoms with Gasteiger partial charge in [-0.3, -0.25) is 5.43 Å². The van der Waals surface area contributed by atoms with Crippen molar-refractivity contribution in [3.63, 3.8) is 0 Å². The van der Waals surface area contributed by atoms with Crippen LogP contribution in [0.15, 0.2) is 65.9 Å². The lowest BCUT2D eigenvalue weighted by Crippen LogP contribution is -2.05. The molecule has 0 aliphatic heterocycles. The Morgan fingerprint density at radius 3 is 2.48 bits per heavy atom. The lowest BCUT2D eigenvalue weighted by molar-refractivity contribution is -0.137. The van der Waals surface area contributed by atoms with Crippen LogP contribution in [0, 0.1) is 3.57 Å². The van der Waals surface area contributed by atoms with Gasteiger partial charge in [0, 0.05) is 6.20 Å². The zero-order valence-electron chi connectivity index (χ0n) is 15.7. The van der Waals surface area contributed by atoms with E-state index >= 15 is 0 Å². The van der Waals surface area contributed by atoms with Crippen LogP contribution in [0.1, 0.15) is 27.0 Å². The second-order valence-electron chi connectivity index (χ2n) is 6.28. The molecule has 0 saturated carbocycles. The van der Waals surface area contributed by atoms with Crippen molar-refractivity contribution >= 4 is 40.6 Å². The molecule has 0 saturated heterocycles. The van der Waals surface area contributed by atoms with E-state index in [1.807, 2.05) is 6.07 Å². The standard InChI is InChI=1S/C21H15F3IN3O3/c22-21(23,24)16-6-8-19(26-11-16)28-27-10-14-3-7-18(17(25)9-14)31-12-13-1-4-15(5-2-13)20(29)30/h1-11H,12H2,(H,26,28)(H,29,30)/b27-10-. The third kappa shape index (κ3) is 6.41. The van der Waals surface area contributed by atoms with E-state index in [9.17, 15) is 18.0 Å². The van der Waals surface area contributed by atoms with Gasteiger partial charge in [-0.05, 0) is 76.2 Å². The number of halogens is 4. The van der Waals surface area contributed by atoms with Gasteiger partial charge in [-0.25, -0.2) is 9.78 Å². The molecule has 0 radical (unpaired) electrons. The van der Waals surface area contributed by atoms with Crippen LogP contribution in [-0.2, 0) is 12.8 Å². The van der Waals surface area contributed by atoms with Gasteiger partial charge < -0.3 is 9.84 Å². The van der Waals surface area contributed by atoms with E-state index in [1.165, 1.54) is 24.4 Å². The zero-order chi connectivity index (χ0) is 22.4. The van der Waals surface area contributed by atoms with Crippen molar-refractivity contribution in [1.29, 1.82) is 0 Å². The zero-order valence-corrected chi connectivity index (χ0v) is 17.9. The molecule has 160 valence electrons. The number of aromatic carboxylic acids is 1. The fourth-order valence-corrected chi connectivity index (χ4v) is 3.11. The first-order valence-electron chi connectivity index (χ1n) is 8.79. The summed E-state index contributed by atoms with van der Waals surface area (Å²) in [5, 5.41) is 12.9. The summed E-state index contributed by atoms with van der Waals surface area (Å²) in [6.45, 7) is 0.282. The van der Waals surface area contributed by atoms with E-state index in [0.29, 0.717) is 5.75 Å². The number of carboxylic acid groups (broad SMARTS) is 1. The van der Waals surface area contributed by atoms with Gasteiger partial charge in [0.1, 0.15) is 18.2 Å². The maximum absolute atomic E-state index is 12.5. The number of hydrazone groups is 1. The van der Waals surface area contributed by atoms with Crippen molar-refractivity contribution in [2.24, 2.45) is 5.10 Å².